The summed E-state index contributed by atoms with van der Waals surface area (Å²) in [6.45, 7) is 0. The fourth-order valence-electron chi connectivity index (χ4n) is 9.06. The van der Waals surface area contributed by atoms with Gasteiger partial charge in [-0.3, -0.25) is 0 Å². The Morgan fingerprint density at radius 3 is 1.82 bits per heavy atom. The SMILES string of the molecule is c1ccc(-c2nc3ccc4c(-c5ccc(N(c6ccc(-c7ccc8ccccc8c7)cc6)c6ccc7c(c6)c6ccccc6n7-c6ccccc6)cc5)cccc4c3o2)cc1. The molecular formula is C57H37N3O. The van der Waals surface area contributed by atoms with Gasteiger partial charge in [-0.15, -0.1) is 0 Å². The zero-order valence-corrected chi connectivity index (χ0v) is 33.1. The number of aromatic nitrogens is 2. The van der Waals surface area contributed by atoms with Crippen molar-refractivity contribution in [2.24, 2.45) is 0 Å². The molecule has 0 unspecified atom stereocenters. The van der Waals surface area contributed by atoms with Crippen LogP contribution >= 0.6 is 0 Å². The molecule has 0 bridgehead atoms. The number of hydrogen-bond acceptors (Lipinski definition) is 3. The van der Waals surface area contributed by atoms with Crippen LogP contribution in [0.2, 0.25) is 0 Å². The largest absolute Gasteiger partial charge is 0.435 e. The topological polar surface area (TPSA) is 34.2 Å². The summed E-state index contributed by atoms with van der Waals surface area (Å²) in [5.41, 5.74) is 14.0. The van der Waals surface area contributed by atoms with Gasteiger partial charge in [0, 0.05) is 44.5 Å². The van der Waals surface area contributed by atoms with E-state index in [1.807, 2.05) is 30.3 Å². The molecular weight excluding hydrogens is 743 g/mol. The van der Waals surface area contributed by atoms with Crippen molar-refractivity contribution in [2.45, 2.75) is 0 Å². The number of oxazole rings is 1. The summed E-state index contributed by atoms with van der Waals surface area (Å²) >= 11 is 0. The van der Waals surface area contributed by atoms with Crippen molar-refractivity contribution in [1.29, 1.82) is 0 Å². The van der Waals surface area contributed by atoms with Crippen molar-refractivity contribution in [2.75, 3.05) is 4.90 Å². The van der Waals surface area contributed by atoms with Crippen molar-refractivity contribution >= 4 is 71.5 Å². The van der Waals surface area contributed by atoms with E-state index in [0.717, 1.165) is 61.3 Å². The molecule has 61 heavy (non-hydrogen) atoms. The van der Waals surface area contributed by atoms with Gasteiger partial charge < -0.3 is 13.9 Å². The molecule has 12 aromatic rings. The van der Waals surface area contributed by atoms with Gasteiger partial charge in [-0.25, -0.2) is 4.98 Å². The van der Waals surface area contributed by atoms with E-state index in [4.69, 9.17) is 9.40 Å². The first-order chi connectivity index (χ1) is 30.2. The zero-order chi connectivity index (χ0) is 40.3. The molecule has 0 aliphatic rings. The summed E-state index contributed by atoms with van der Waals surface area (Å²) in [6, 6.07) is 80.1. The van der Waals surface area contributed by atoms with Crippen LogP contribution in [0, 0.1) is 0 Å². The van der Waals surface area contributed by atoms with Gasteiger partial charge in [-0.2, -0.15) is 0 Å². The Hall–Kier alpha value is -8.21. The van der Waals surface area contributed by atoms with Crippen LogP contribution in [0.3, 0.4) is 0 Å². The van der Waals surface area contributed by atoms with Crippen LogP contribution in [0.1, 0.15) is 0 Å². The number of fused-ring (bicyclic) bond motifs is 7. The van der Waals surface area contributed by atoms with Crippen molar-refractivity contribution in [3.8, 4) is 39.4 Å². The lowest BCUT2D eigenvalue weighted by atomic mass is 9.97. The molecule has 12 rings (SSSR count). The van der Waals surface area contributed by atoms with Crippen molar-refractivity contribution in [3.05, 3.63) is 224 Å². The quantitative estimate of drug-likeness (QED) is 0.162. The Labute approximate surface area is 352 Å². The molecule has 0 aliphatic heterocycles. The first-order valence-corrected chi connectivity index (χ1v) is 20.7. The molecule has 0 saturated carbocycles. The molecule has 0 atom stereocenters. The Bertz CT molecular complexity index is 3570. The molecule has 0 saturated heterocycles. The fourth-order valence-corrected chi connectivity index (χ4v) is 9.06. The van der Waals surface area contributed by atoms with Gasteiger partial charge in [0.05, 0.1) is 11.0 Å². The molecule has 0 fully saturated rings. The van der Waals surface area contributed by atoms with E-state index in [1.165, 1.54) is 43.7 Å². The second-order valence-corrected chi connectivity index (χ2v) is 15.6. The zero-order valence-electron chi connectivity index (χ0n) is 33.1. The molecule has 0 N–H and O–H groups in total. The number of rotatable bonds is 7. The van der Waals surface area contributed by atoms with Gasteiger partial charge in [0.15, 0.2) is 5.58 Å². The van der Waals surface area contributed by atoms with E-state index >= 15 is 0 Å². The Morgan fingerprint density at radius 2 is 1.02 bits per heavy atom. The third-order valence-electron chi connectivity index (χ3n) is 12.0. The van der Waals surface area contributed by atoms with Crippen LogP contribution in [-0.4, -0.2) is 9.55 Å². The predicted molar refractivity (Wildman–Crippen MR) is 254 cm³/mol. The van der Waals surface area contributed by atoms with E-state index in [-0.39, 0.29) is 0 Å². The molecule has 4 heteroatoms. The molecule has 0 aliphatic carbocycles. The lowest BCUT2D eigenvalue weighted by molar-refractivity contribution is 0.623. The molecule has 0 spiro atoms. The van der Waals surface area contributed by atoms with Gasteiger partial charge in [0.1, 0.15) is 5.52 Å². The van der Waals surface area contributed by atoms with E-state index in [1.54, 1.807) is 0 Å². The smallest absolute Gasteiger partial charge is 0.227 e. The lowest BCUT2D eigenvalue weighted by Gasteiger charge is -2.26. The maximum absolute atomic E-state index is 6.43. The summed E-state index contributed by atoms with van der Waals surface area (Å²) in [7, 11) is 0. The van der Waals surface area contributed by atoms with Crippen LogP contribution < -0.4 is 4.90 Å². The van der Waals surface area contributed by atoms with Crippen LogP contribution in [0.15, 0.2) is 229 Å². The summed E-state index contributed by atoms with van der Waals surface area (Å²) in [6.07, 6.45) is 0. The first-order valence-electron chi connectivity index (χ1n) is 20.7. The van der Waals surface area contributed by atoms with Crippen molar-refractivity contribution in [3.63, 3.8) is 0 Å². The van der Waals surface area contributed by atoms with E-state index in [2.05, 4.69) is 204 Å². The fraction of sp³-hybridized carbons (Fsp3) is 0. The summed E-state index contributed by atoms with van der Waals surface area (Å²) in [5, 5.41) is 7.08. The van der Waals surface area contributed by atoms with Crippen LogP contribution in [0.5, 0.6) is 0 Å². The molecule has 286 valence electrons. The first kappa shape index (κ1) is 34.8. The third-order valence-corrected chi connectivity index (χ3v) is 12.0. The number of hydrogen-bond donors (Lipinski definition) is 0. The van der Waals surface area contributed by atoms with Gasteiger partial charge >= 0.3 is 0 Å². The van der Waals surface area contributed by atoms with Gasteiger partial charge in [0.25, 0.3) is 0 Å². The van der Waals surface area contributed by atoms with E-state index in [0.29, 0.717) is 5.89 Å². The predicted octanol–water partition coefficient (Wildman–Crippen LogP) is 15.7. The number of anilines is 3. The van der Waals surface area contributed by atoms with Gasteiger partial charge in [0.2, 0.25) is 5.89 Å². The van der Waals surface area contributed by atoms with Crippen LogP contribution in [0.25, 0.3) is 93.8 Å². The second kappa shape index (κ2) is 14.3. The maximum Gasteiger partial charge on any atom is 0.227 e. The molecule has 4 nitrogen and oxygen atoms in total. The van der Waals surface area contributed by atoms with E-state index in [9.17, 15) is 0 Å². The highest BCUT2D eigenvalue weighted by Crippen LogP contribution is 2.42. The highest BCUT2D eigenvalue weighted by molar-refractivity contribution is 6.11. The minimum Gasteiger partial charge on any atom is -0.435 e. The maximum atomic E-state index is 6.43. The highest BCUT2D eigenvalue weighted by atomic mass is 16.3. The van der Waals surface area contributed by atoms with Gasteiger partial charge in [-0.1, -0.05) is 140 Å². The standard InChI is InChI=1S/C57H37N3O/c1-3-13-41(14-4-1)57-58-53-34-33-49-48(19-11-20-51(49)56(53)61-57)40-26-30-46(31-27-40)59(45-28-24-39(25-29-45)43-23-22-38-12-7-8-15-42(38)36-43)47-32-35-55-52(37-47)50-18-9-10-21-54(50)60(55)44-16-5-2-6-17-44/h1-37H. The highest BCUT2D eigenvalue weighted by Gasteiger charge is 2.19. The Kier molecular flexibility index (Phi) is 8.13. The average Bonchev–Trinajstić information content (AvgIpc) is 3.93. The van der Waals surface area contributed by atoms with Crippen LogP contribution in [0.4, 0.5) is 17.1 Å². The number of para-hydroxylation sites is 2. The number of nitrogens with zero attached hydrogens (tertiary/aromatic N) is 3. The molecule has 0 amide bonds. The molecule has 2 heterocycles. The van der Waals surface area contributed by atoms with Crippen molar-refractivity contribution in [1.82, 2.24) is 9.55 Å². The monoisotopic (exact) mass is 779 g/mol. The third kappa shape index (κ3) is 5.96. The van der Waals surface area contributed by atoms with Crippen molar-refractivity contribution < 1.29 is 4.42 Å². The minimum absolute atomic E-state index is 0.631. The Balaban J connectivity index is 0.976. The minimum atomic E-state index is 0.631. The van der Waals surface area contributed by atoms with Gasteiger partial charge in [-0.05, 0) is 123 Å². The second-order valence-electron chi connectivity index (χ2n) is 15.6. The molecule has 2 aromatic heterocycles. The Morgan fingerprint density at radius 1 is 0.377 bits per heavy atom. The van der Waals surface area contributed by atoms with Crippen LogP contribution in [-0.2, 0) is 0 Å². The normalized spacial score (nSPS) is 11.6. The summed E-state index contributed by atoms with van der Waals surface area (Å²) < 4.78 is 8.79. The lowest BCUT2D eigenvalue weighted by Crippen LogP contribution is -2.10. The van der Waals surface area contributed by atoms with E-state index < -0.39 is 0 Å². The summed E-state index contributed by atoms with van der Waals surface area (Å²) in [5.74, 6) is 0.631. The summed E-state index contributed by atoms with van der Waals surface area (Å²) in [4.78, 5) is 7.21. The molecule has 10 aromatic carbocycles. The number of benzene rings is 10. The average molecular weight is 780 g/mol. The molecule has 0 radical (unpaired) electrons.